The summed E-state index contributed by atoms with van der Waals surface area (Å²) in [6.45, 7) is 6.75. The highest BCUT2D eigenvalue weighted by Gasteiger charge is 2.29. The van der Waals surface area contributed by atoms with Gasteiger partial charge in [-0.1, -0.05) is 93.6 Å². The minimum absolute atomic E-state index is 0.147. The summed E-state index contributed by atoms with van der Waals surface area (Å²) in [5.74, 6) is 0. The Kier molecular flexibility index (Phi) is 11.0. The van der Waals surface area contributed by atoms with Crippen LogP contribution in [-0.2, 0) is 4.74 Å². The second-order valence-electron chi connectivity index (χ2n) is 5.62. The SMILES string of the molecule is CCCCCCCC(C)(CCCC)OCC(Cl)(Cl)Cl. The van der Waals surface area contributed by atoms with Gasteiger partial charge in [0.15, 0.2) is 0 Å². The van der Waals surface area contributed by atoms with Crippen molar-refractivity contribution in [3.05, 3.63) is 0 Å². The van der Waals surface area contributed by atoms with Crippen molar-refractivity contribution in [1.29, 1.82) is 0 Å². The van der Waals surface area contributed by atoms with E-state index in [9.17, 15) is 0 Å². The van der Waals surface area contributed by atoms with Crippen molar-refractivity contribution in [1.82, 2.24) is 0 Å². The van der Waals surface area contributed by atoms with E-state index in [4.69, 9.17) is 39.5 Å². The van der Waals surface area contributed by atoms with E-state index in [2.05, 4.69) is 20.8 Å². The normalized spacial score (nSPS) is 15.5. The Balaban J connectivity index is 4.10. The van der Waals surface area contributed by atoms with Gasteiger partial charge in [-0.3, -0.25) is 0 Å². The Morgan fingerprint density at radius 1 is 0.789 bits per heavy atom. The molecule has 0 N–H and O–H groups in total. The highest BCUT2D eigenvalue weighted by molar-refractivity contribution is 6.67. The Hall–Kier alpha value is 0.830. The van der Waals surface area contributed by atoms with Crippen LogP contribution in [0, 0.1) is 0 Å². The number of rotatable bonds is 11. The van der Waals surface area contributed by atoms with Gasteiger partial charge in [0.1, 0.15) is 0 Å². The van der Waals surface area contributed by atoms with E-state index in [1.165, 1.54) is 38.5 Å². The summed E-state index contributed by atoms with van der Waals surface area (Å²) in [6.07, 6.45) is 10.8. The molecule has 0 aromatic rings. The maximum absolute atomic E-state index is 5.91. The quantitative estimate of drug-likeness (QED) is 0.303. The topological polar surface area (TPSA) is 9.23 Å². The third-order valence-electron chi connectivity index (χ3n) is 3.45. The van der Waals surface area contributed by atoms with Crippen LogP contribution in [0.3, 0.4) is 0 Å². The molecular formula is C15H29Cl3O. The lowest BCUT2D eigenvalue weighted by Gasteiger charge is -2.31. The van der Waals surface area contributed by atoms with Crippen LogP contribution >= 0.6 is 34.8 Å². The second kappa shape index (κ2) is 10.5. The predicted octanol–water partition coefficient (Wildman–Crippen LogP) is 6.68. The average Bonchev–Trinajstić information content (AvgIpc) is 2.33. The van der Waals surface area contributed by atoms with Crippen molar-refractivity contribution in [3.63, 3.8) is 0 Å². The minimum atomic E-state index is -1.31. The molecule has 0 radical (unpaired) electrons. The summed E-state index contributed by atoms with van der Waals surface area (Å²) in [6, 6.07) is 0. The zero-order valence-electron chi connectivity index (χ0n) is 12.6. The van der Waals surface area contributed by atoms with Crippen LogP contribution in [-0.4, -0.2) is 16.0 Å². The predicted molar refractivity (Wildman–Crippen MR) is 87.5 cm³/mol. The smallest absolute Gasteiger partial charge is 0.213 e. The first-order valence-electron chi connectivity index (χ1n) is 7.53. The number of hydrogen-bond acceptors (Lipinski definition) is 1. The molecule has 19 heavy (non-hydrogen) atoms. The van der Waals surface area contributed by atoms with Crippen LogP contribution in [0.4, 0.5) is 0 Å². The Morgan fingerprint density at radius 3 is 1.84 bits per heavy atom. The van der Waals surface area contributed by atoms with Gasteiger partial charge in [-0.2, -0.15) is 0 Å². The van der Waals surface area contributed by atoms with Gasteiger partial charge in [0, 0.05) is 0 Å². The van der Waals surface area contributed by atoms with E-state index >= 15 is 0 Å². The van der Waals surface area contributed by atoms with Gasteiger partial charge in [-0.25, -0.2) is 0 Å². The summed E-state index contributed by atoms with van der Waals surface area (Å²) < 4.78 is 4.60. The summed E-state index contributed by atoms with van der Waals surface area (Å²) in [7, 11) is 0. The first-order valence-corrected chi connectivity index (χ1v) is 8.67. The fraction of sp³-hybridized carbons (Fsp3) is 1.00. The van der Waals surface area contributed by atoms with Crippen LogP contribution in [0.25, 0.3) is 0 Å². The van der Waals surface area contributed by atoms with Gasteiger partial charge in [0.05, 0.1) is 12.2 Å². The van der Waals surface area contributed by atoms with Crippen molar-refractivity contribution in [2.45, 2.75) is 88.0 Å². The Bertz CT molecular complexity index is 216. The van der Waals surface area contributed by atoms with Crippen molar-refractivity contribution < 1.29 is 4.74 Å². The number of halogens is 3. The number of hydrogen-bond donors (Lipinski definition) is 0. The van der Waals surface area contributed by atoms with E-state index in [1.54, 1.807) is 0 Å². The van der Waals surface area contributed by atoms with Crippen LogP contribution in [0.1, 0.15) is 78.6 Å². The van der Waals surface area contributed by atoms with Gasteiger partial charge >= 0.3 is 0 Å². The van der Waals surface area contributed by atoms with E-state index in [0.717, 1.165) is 19.3 Å². The lowest BCUT2D eigenvalue weighted by atomic mass is 9.92. The molecule has 4 heteroatoms. The van der Waals surface area contributed by atoms with E-state index in [1.807, 2.05) is 0 Å². The standard InChI is InChI=1S/C15H29Cl3O/c1-4-6-8-9-10-12-14(3,11-7-5-2)19-13-15(16,17)18/h4-13H2,1-3H3. The molecular weight excluding hydrogens is 303 g/mol. The van der Waals surface area contributed by atoms with E-state index in [-0.39, 0.29) is 12.2 Å². The molecule has 0 heterocycles. The highest BCUT2D eigenvalue weighted by atomic mass is 35.6. The van der Waals surface area contributed by atoms with Crippen LogP contribution in [0.5, 0.6) is 0 Å². The van der Waals surface area contributed by atoms with Gasteiger partial charge < -0.3 is 4.74 Å². The monoisotopic (exact) mass is 330 g/mol. The van der Waals surface area contributed by atoms with Gasteiger partial charge in [-0.05, 0) is 19.8 Å². The molecule has 1 unspecified atom stereocenters. The van der Waals surface area contributed by atoms with Crippen LogP contribution in [0.2, 0.25) is 0 Å². The molecule has 0 rings (SSSR count). The van der Waals surface area contributed by atoms with Crippen molar-refractivity contribution in [3.8, 4) is 0 Å². The summed E-state index contributed by atoms with van der Waals surface area (Å²) >= 11 is 17.3. The van der Waals surface area contributed by atoms with Gasteiger partial charge in [0.25, 0.3) is 0 Å². The first-order chi connectivity index (χ1) is 8.83. The van der Waals surface area contributed by atoms with E-state index < -0.39 is 3.79 Å². The molecule has 1 atom stereocenters. The molecule has 0 saturated carbocycles. The third kappa shape index (κ3) is 12.3. The fourth-order valence-corrected chi connectivity index (χ4v) is 2.34. The summed E-state index contributed by atoms with van der Waals surface area (Å²) in [4.78, 5) is 0. The molecule has 0 aliphatic rings. The van der Waals surface area contributed by atoms with Gasteiger partial charge in [0.2, 0.25) is 3.79 Å². The molecule has 1 nitrogen and oxygen atoms in total. The van der Waals surface area contributed by atoms with Crippen molar-refractivity contribution in [2.24, 2.45) is 0 Å². The van der Waals surface area contributed by atoms with Crippen molar-refractivity contribution in [2.75, 3.05) is 6.61 Å². The van der Waals surface area contributed by atoms with E-state index in [0.29, 0.717) is 0 Å². The fourth-order valence-electron chi connectivity index (χ4n) is 2.18. The van der Waals surface area contributed by atoms with Crippen LogP contribution < -0.4 is 0 Å². The summed E-state index contributed by atoms with van der Waals surface area (Å²) in [5, 5.41) is 0. The number of unbranched alkanes of at least 4 members (excludes halogenated alkanes) is 5. The Morgan fingerprint density at radius 2 is 1.32 bits per heavy atom. The molecule has 116 valence electrons. The molecule has 0 aliphatic heterocycles. The number of ether oxygens (including phenoxy) is 1. The van der Waals surface area contributed by atoms with Crippen LogP contribution in [0.15, 0.2) is 0 Å². The molecule has 0 aliphatic carbocycles. The zero-order valence-corrected chi connectivity index (χ0v) is 14.9. The molecule has 0 bridgehead atoms. The first kappa shape index (κ1) is 19.8. The molecule has 0 fully saturated rings. The molecule has 0 saturated heterocycles. The molecule has 0 amide bonds. The molecule has 0 spiro atoms. The minimum Gasteiger partial charge on any atom is -0.371 e. The van der Waals surface area contributed by atoms with Crippen molar-refractivity contribution >= 4 is 34.8 Å². The lowest BCUT2D eigenvalue weighted by Crippen LogP contribution is -2.32. The largest absolute Gasteiger partial charge is 0.371 e. The number of alkyl halides is 3. The molecule has 0 aromatic heterocycles. The second-order valence-corrected chi connectivity index (χ2v) is 8.14. The van der Waals surface area contributed by atoms with Gasteiger partial charge in [-0.15, -0.1) is 0 Å². The maximum atomic E-state index is 5.91. The summed E-state index contributed by atoms with van der Waals surface area (Å²) in [5.41, 5.74) is -0.147. The average molecular weight is 332 g/mol. The molecule has 0 aromatic carbocycles. The Labute approximate surface area is 134 Å². The third-order valence-corrected chi connectivity index (χ3v) is 3.78. The highest BCUT2D eigenvalue weighted by Crippen LogP contribution is 2.32. The lowest BCUT2D eigenvalue weighted by molar-refractivity contribution is -0.0442. The zero-order chi connectivity index (χ0) is 14.8. The maximum Gasteiger partial charge on any atom is 0.213 e.